The maximum Gasteiger partial charge on any atom is 0.138 e. The van der Waals surface area contributed by atoms with Gasteiger partial charge in [-0.25, -0.2) is 9.97 Å². The third kappa shape index (κ3) is 2.26. The second kappa shape index (κ2) is 4.88. The molecule has 19 heavy (non-hydrogen) atoms. The summed E-state index contributed by atoms with van der Waals surface area (Å²) in [5.74, 6) is 1.73. The lowest BCUT2D eigenvalue weighted by molar-refractivity contribution is 0.911. The monoisotopic (exact) mass is 254 g/mol. The lowest BCUT2D eigenvalue weighted by atomic mass is 10.1. The molecule has 1 heterocycles. The Kier molecular flexibility index (Phi) is 3.07. The zero-order valence-electron chi connectivity index (χ0n) is 11.3. The quantitative estimate of drug-likeness (QED) is 0.914. The first kappa shape index (κ1) is 12.0. The van der Waals surface area contributed by atoms with E-state index in [1.54, 1.807) is 6.33 Å². The van der Waals surface area contributed by atoms with Crippen LogP contribution in [0.15, 0.2) is 30.6 Å². The Morgan fingerprint density at radius 2 is 1.95 bits per heavy atom. The van der Waals surface area contributed by atoms with E-state index in [2.05, 4.69) is 38.4 Å². The molecule has 0 spiro atoms. The highest BCUT2D eigenvalue weighted by molar-refractivity contribution is 5.63. The van der Waals surface area contributed by atoms with Gasteiger partial charge in [-0.2, -0.15) is 0 Å². The number of nitrogens with one attached hydrogen (secondary N) is 1. The molecule has 0 fully saturated rings. The molecule has 0 unspecified atom stereocenters. The highest BCUT2D eigenvalue weighted by atomic mass is 15.2. The normalized spacial score (nSPS) is 13.2. The van der Waals surface area contributed by atoms with E-state index in [0.717, 1.165) is 11.6 Å². The number of hydrogen-bond acceptors (Lipinski definition) is 4. The average Bonchev–Trinajstić information content (AvgIpc) is 2.94. The molecular weight excluding hydrogens is 236 g/mol. The molecule has 1 aliphatic rings. The van der Waals surface area contributed by atoms with Crippen LogP contribution in [-0.4, -0.2) is 24.1 Å². The van der Waals surface area contributed by atoms with Crippen molar-refractivity contribution in [3.05, 3.63) is 41.7 Å². The maximum absolute atomic E-state index is 4.33. The van der Waals surface area contributed by atoms with Crippen molar-refractivity contribution in [1.29, 1.82) is 0 Å². The van der Waals surface area contributed by atoms with Gasteiger partial charge in [0.25, 0.3) is 0 Å². The van der Waals surface area contributed by atoms with Crippen LogP contribution in [0.1, 0.15) is 17.5 Å². The van der Waals surface area contributed by atoms with E-state index in [-0.39, 0.29) is 0 Å². The fourth-order valence-electron chi connectivity index (χ4n) is 2.57. The zero-order chi connectivity index (χ0) is 13.2. The summed E-state index contributed by atoms with van der Waals surface area (Å²) >= 11 is 0. The molecule has 4 nitrogen and oxygen atoms in total. The lowest BCUT2D eigenvalue weighted by Crippen LogP contribution is -2.12. The summed E-state index contributed by atoms with van der Waals surface area (Å²) in [4.78, 5) is 10.6. The van der Waals surface area contributed by atoms with Crippen LogP contribution in [0.25, 0.3) is 0 Å². The SMILES string of the molecule is CNc1cc(N(C)c2ccc3c(c2)CCC3)ncn1. The molecule has 0 amide bonds. The van der Waals surface area contributed by atoms with E-state index >= 15 is 0 Å². The van der Waals surface area contributed by atoms with Crippen molar-refractivity contribution in [2.45, 2.75) is 19.3 Å². The minimum Gasteiger partial charge on any atom is -0.373 e. The fourth-order valence-corrected chi connectivity index (χ4v) is 2.57. The van der Waals surface area contributed by atoms with Crippen LogP contribution in [0.4, 0.5) is 17.3 Å². The van der Waals surface area contributed by atoms with Crippen molar-refractivity contribution in [1.82, 2.24) is 9.97 Å². The van der Waals surface area contributed by atoms with Gasteiger partial charge < -0.3 is 10.2 Å². The van der Waals surface area contributed by atoms with Crippen LogP contribution in [0.3, 0.4) is 0 Å². The molecule has 1 aliphatic carbocycles. The molecule has 0 aliphatic heterocycles. The van der Waals surface area contributed by atoms with E-state index in [1.807, 2.05) is 20.2 Å². The number of anilines is 3. The second-order valence-corrected chi connectivity index (χ2v) is 4.88. The summed E-state index contributed by atoms with van der Waals surface area (Å²) in [7, 11) is 3.90. The van der Waals surface area contributed by atoms with Crippen molar-refractivity contribution in [3.63, 3.8) is 0 Å². The van der Waals surface area contributed by atoms with Gasteiger partial charge in [0.05, 0.1) is 0 Å². The Labute approximate surface area is 113 Å². The minimum absolute atomic E-state index is 0.831. The summed E-state index contributed by atoms with van der Waals surface area (Å²) in [5, 5.41) is 3.04. The smallest absolute Gasteiger partial charge is 0.138 e. The van der Waals surface area contributed by atoms with Gasteiger partial charge in [-0.1, -0.05) is 6.07 Å². The topological polar surface area (TPSA) is 41.0 Å². The number of aryl methyl sites for hydroxylation is 2. The van der Waals surface area contributed by atoms with Crippen molar-refractivity contribution < 1.29 is 0 Å². The van der Waals surface area contributed by atoms with Crippen LogP contribution in [0.2, 0.25) is 0 Å². The Hall–Kier alpha value is -2.10. The number of nitrogens with zero attached hydrogens (tertiary/aromatic N) is 3. The van der Waals surface area contributed by atoms with E-state index < -0.39 is 0 Å². The maximum atomic E-state index is 4.33. The first-order valence-corrected chi connectivity index (χ1v) is 6.63. The molecule has 0 saturated carbocycles. The molecule has 1 aromatic heterocycles. The number of hydrogen-bond donors (Lipinski definition) is 1. The Morgan fingerprint density at radius 1 is 1.11 bits per heavy atom. The molecule has 98 valence electrons. The van der Waals surface area contributed by atoms with Crippen molar-refractivity contribution in [2.24, 2.45) is 0 Å². The number of fused-ring (bicyclic) bond motifs is 1. The summed E-state index contributed by atoms with van der Waals surface area (Å²) in [6, 6.07) is 8.65. The number of rotatable bonds is 3. The first-order chi connectivity index (χ1) is 9.28. The van der Waals surface area contributed by atoms with Crippen molar-refractivity contribution in [3.8, 4) is 0 Å². The summed E-state index contributed by atoms with van der Waals surface area (Å²) in [5.41, 5.74) is 4.16. The molecule has 3 rings (SSSR count). The van der Waals surface area contributed by atoms with E-state index in [0.29, 0.717) is 0 Å². The van der Waals surface area contributed by atoms with Crippen molar-refractivity contribution >= 4 is 17.3 Å². The fraction of sp³-hybridized carbons (Fsp3) is 0.333. The van der Waals surface area contributed by atoms with Gasteiger partial charge in [-0.15, -0.1) is 0 Å². The number of benzene rings is 1. The molecule has 4 heteroatoms. The van der Waals surface area contributed by atoms with Gasteiger partial charge in [0.2, 0.25) is 0 Å². The first-order valence-electron chi connectivity index (χ1n) is 6.63. The zero-order valence-corrected chi connectivity index (χ0v) is 11.3. The molecule has 0 saturated heterocycles. The second-order valence-electron chi connectivity index (χ2n) is 4.88. The van der Waals surface area contributed by atoms with Crippen LogP contribution in [0, 0.1) is 0 Å². The van der Waals surface area contributed by atoms with Gasteiger partial charge in [-0.3, -0.25) is 0 Å². The largest absolute Gasteiger partial charge is 0.373 e. The third-order valence-electron chi connectivity index (χ3n) is 3.72. The molecule has 2 aromatic rings. The summed E-state index contributed by atoms with van der Waals surface area (Å²) < 4.78 is 0. The highest BCUT2D eigenvalue weighted by Crippen LogP contribution is 2.29. The molecule has 0 atom stereocenters. The average molecular weight is 254 g/mol. The number of aromatic nitrogens is 2. The minimum atomic E-state index is 0.831. The van der Waals surface area contributed by atoms with Gasteiger partial charge in [0.1, 0.15) is 18.0 Å². The van der Waals surface area contributed by atoms with Crippen LogP contribution < -0.4 is 10.2 Å². The molecule has 1 aromatic carbocycles. The van der Waals surface area contributed by atoms with E-state index in [4.69, 9.17) is 0 Å². The Balaban J connectivity index is 1.92. The molecule has 0 radical (unpaired) electrons. The Morgan fingerprint density at radius 3 is 2.79 bits per heavy atom. The summed E-state index contributed by atoms with van der Waals surface area (Å²) in [6.45, 7) is 0. The van der Waals surface area contributed by atoms with Crippen LogP contribution in [0.5, 0.6) is 0 Å². The molecule has 1 N–H and O–H groups in total. The van der Waals surface area contributed by atoms with E-state index in [1.165, 1.54) is 36.1 Å². The van der Waals surface area contributed by atoms with Gasteiger partial charge in [-0.05, 0) is 42.5 Å². The predicted octanol–water partition coefficient (Wildman–Crippen LogP) is 2.77. The van der Waals surface area contributed by atoms with Gasteiger partial charge >= 0.3 is 0 Å². The highest BCUT2D eigenvalue weighted by Gasteiger charge is 2.13. The van der Waals surface area contributed by atoms with Gasteiger partial charge in [0.15, 0.2) is 0 Å². The standard InChI is InChI=1S/C15H18N4/c1-16-14-9-15(18-10-17-14)19(2)13-7-6-11-4-3-5-12(11)8-13/h6-10H,3-5H2,1-2H3,(H,16,17,18). The van der Waals surface area contributed by atoms with E-state index in [9.17, 15) is 0 Å². The Bertz CT molecular complexity index is 594. The van der Waals surface area contributed by atoms with Crippen molar-refractivity contribution in [2.75, 3.05) is 24.3 Å². The summed E-state index contributed by atoms with van der Waals surface area (Å²) in [6.07, 6.45) is 5.28. The molecule has 0 bridgehead atoms. The van der Waals surface area contributed by atoms with Gasteiger partial charge in [0, 0.05) is 25.8 Å². The van der Waals surface area contributed by atoms with Crippen LogP contribution in [-0.2, 0) is 12.8 Å². The molecular formula is C15H18N4. The lowest BCUT2D eigenvalue weighted by Gasteiger charge is -2.19. The third-order valence-corrected chi connectivity index (χ3v) is 3.72. The van der Waals surface area contributed by atoms with Crippen LogP contribution >= 0.6 is 0 Å². The predicted molar refractivity (Wildman–Crippen MR) is 78.1 cm³/mol.